The molecule has 0 aliphatic carbocycles. The van der Waals surface area contributed by atoms with Crippen LogP contribution in [-0.2, 0) is 0 Å². The first-order valence-electron chi connectivity index (χ1n) is 5.76. The lowest BCUT2D eigenvalue weighted by Crippen LogP contribution is -2.09. The summed E-state index contributed by atoms with van der Waals surface area (Å²) >= 11 is 0. The Labute approximate surface area is 97.1 Å². The van der Waals surface area contributed by atoms with Gasteiger partial charge in [0.25, 0.3) is 0 Å². The average molecular weight is 211 g/mol. The molecule has 2 rings (SSSR count). The summed E-state index contributed by atoms with van der Waals surface area (Å²) in [5, 5.41) is 3.54. The van der Waals surface area contributed by atoms with Gasteiger partial charge in [0.05, 0.1) is 6.04 Å². The number of para-hydroxylation sites is 1. The molecule has 16 heavy (non-hydrogen) atoms. The minimum atomic E-state index is 0.392. The van der Waals surface area contributed by atoms with Crippen LogP contribution >= 0.6 is 0 Å². The van der Waals surface area contributed by atoms with E-state index in [0.717, 1.165) is 6.42 Å². The highest BCUT2D eigenvalue weighted by molar-refractivity contribution is 5.45. The van der Waals surface area contributed by atoms with E-state index in [1.54, 1.807) is 0 Å². The third-order valence-electron chi connectivity index (χ3n) is 2.72. The van der Waals surface area contributed by atoms with Crippen molar-refractivity contribution in [1.82, 2.24) is 0 Å². The maximum absolute atomic E-state index is 3.54. The third-order valence-corrected chi connectivity index (χ3v) is 2.72. The van der Waals surface area contributed by atoms with Crippen molar-refractivity contribution < 1.29 is 0 Å². The summed E-state index contributed by atoms with van der Waals surface area (Å²) in [6.45, 7) is 2.20. The molecular weight excluding hydrogens is 194 g/mol. The van der Waals surface area contributed by atoms with Crippen LogP contribution in [0.4, 0.5) is 5.69 Å². The average Bonchev–Trinajstić information content (AvgIpc) is 2.38. The van der Waals surface area contributed by atoms with Crippen molar-refractivity contribution in [1.29, 1.82) is 0 Å². The molecule has 0 radical (unpaired) electrons. The Bertz CT molecular complexity index is 408. The number of hydrogen-bond acceptors (Lipinski definition) is 1. The van der Waals surface area contributed by atoms with Crippen LogP contribution in [0.3, 0.4) is 0 Å². The number of anilines is 1. The minimum absolute atomic E-state index is 0.392. The van der Waals surface area contributed by atoms with Crippen molar-refractivity contribution in [3.63, 3.8) is 0 Å². The lowest BCUT2D eigenvalue weighted by atomic mass is 10.0. The Hall–Kier alpha value is -1.76. The Morgan fingerprint density at radius 3 is 2.00 bits per heavy atom. The molecule has 0 heterocycles. The van der Waals surface area contributed by atoms with Crippen molar-refractivity contribution >= 4 is 5.69 Å². The Kier molecular flexibility index (Phi) is 3.60. The highest BCUT2D eigenvalue weighted by Crippen LogP contribution is 2.21. The lowest BCUT2D eigenvalue weighted by Gasteiger charge is -2.18. The Morgan fingerprint density at radius 2 is 1.44 bits per heavy atom. The summed E-state index contributed by atoms with van der Waals surface area (Å²) in [4.78, 5) is 0. The molecule has 0 amide bonds. The minimum Gasteiger partial charge on any atom is -0.378 e. The molecule has 1 N–H and O–H groups in total. The van der Waals surface area contributed by atoms with E-state index in [1.807, 2.05) is 6.07 Å². The van der Waals surface area contributed by atoms with Gasteiger partial charge in [-0.3, -0.25) is 0 Å². The van der Waals surface area contributed by atoms with Crippen LogP contribution in [-0.4, -0.2) is 0 Å². The Morgan fingerprint density at radius 1 is 0.875 bits per heavy atom. The SMILES string of the molecule is CC[C@@H](Nc1ccccc1)c1ccccc1. The molecule has 0 saturated heterocycles. The topological polar surface area (TPSA) is 12.0 Å². The summed E-state index contributed by atoms with van der Waals surface area (Å²) in [5.41, 5.74) is 2.52. The quantitative estimate of drug-likeness (QED) is 0.797. The Balaban J connectivity index is 2.13. The summed E-state index contributed by atoms with van der Waals surface area (Å²) in [7, 11) is 0. The molecule has 0 unspecified atom stereocenters. The van der Waals surface area contributed by atoms with E-state index in [0.29, 0.717) is 6.04 Å². The molecule has 0 fully saturated rings. The number of hydrogen-bond donors (Lipinski definition) is 1. The third kappa shape index (κ3) is 2.63. The van der Waals surface area contributed by atoms with Gasteiger partial charge in [-0.2, -0.15) is 0 Å². The maximum atomic E-state index is 3.54. The second kappa shape index (κ2) is 5.36. The van der Waals surface area contributed by atoms with Crippen molar-refractivity contribution in [2.24, 2.45) is 0 Å². The first kappa shape index (κ1) is 10.7. The van der Waals surface area contributed by atoms with E-state index in [1.165, 1.54) is 11.3 Å². The molecule has 0 aromatic heterocycles. The first-order valence-corrected chi connectivity index (χ1v) is 5.76. The van der Waals surface area contributed by atoms with Crippen LogP contribution < -0.4 is 5.32 Å². The van der Waals surface area contributed by atoms with Gasteiger partial charge in [-0.1, -0.05) is 55.5 Å². The summed E-state index contributed by atoms with van der Waals surface area (Å²) < 4.78 is 0. The summed E-state index contributed by atoms with van der Waals surface area (Å²) in [6.07, 6.45) is 1.08. The maximum Gasteiger partial charge on any atom is 0.0511 e. The highest BCUT2D eigenvalue weighted by Gasteiger charge is 2.07. The zero-order chi connectivity index (χ0) is 11.2. The van der Waals surface area contributed by atoms with Crippen molar-refractivity contribution in [2.75, 3.05) is 5.32 Å². The van der Waals surface area contributed by atoms with E-state index in [9.17, 15) is 0 Å². The highest BCUT2D eigenvalue weighted by atomic mass is 14.9. The van der Waals surface area contributed by atoms with Crippen LogP contribution in [0.15, 0.2) is 60.7 Å². The molecule has 2 aromatic carbocycles. The summed E-state index contributed by atoms with van der Waals surface area (Å²) in [5.74, 6) is 0. The fraction of sp³-hybridized carbons (Fsp3) is 0.200. The van der Waals surface area contributed by atoms with Gasteiger partial charge in [0.2, 0.25) is 0 Å². The molecule has 0 saturated carbocycles. The van der Waals surface area contributed by atoms with Crippen molar-refractivity contribution in [3.05, 3.63) is 66.2 Å². The van der Waals surface area contributed by atoms with Crippen LogP contribution in [0.1, 0.15) is 24.9 Å². The first-order chi connectivity index (χ1) is 7.90. The van der Waals surface area contributed by atoms with Crippen molar-refractivity contribution in [2.45, 2.75) is 19.4 Å². The van der Waals surface area contributed by atoms with Crippen LogP contribution in [0.25, 0.3) is 0 Å². The zero-order valence-electron chi connectivity index (χ0n) is 9.56. The second-order valence-corrected chi connectivity index (χ2v) is 3.88. The molecular formula is C15H17N. The molecule has 1 heteroatoms. The molecule has 0 aliphatic heterocycles. The molecule has 0 spiro atoms. The van der Waals surface area contributed by atoms with Gasteiger partial charge in [-0.05, 0) is 24.1 Å². The molecule has 0 bridgehead atoms. The fourth-order valence-electron chi connectivity index (χ4n) is 1.84. The zero-order valence-corrected chi connectivity index (χ0v) is 9.56. The second-order valence-electron chi connectivity index (χ2n) is 3.88. The van der Waals surface area contributed by atoms with Crippen LogP contribution in [0.2, 0.25) is 0 Å². The van der Waals surface area contributed by atoms with Gasteiger partial charge in [0.15, 0.2) is 0 Å². The number of benzene rings is 2. The molecule has 2 aromatic rings. The largest absolute Gasteiger partial charge is 0.378 e. The molecule has 1 atom stereocenters. The number of nitrogens with one attached hydrogen (secondary N) is 1. The van der Waals surface area contributed by atoms with E-state index in [4.69, 9.17) is 0 Å². The predicted molar refractivity (Wildman–Crippen MR) is 69.5 cm³/mol. The normalized spacial score (nSPS) is 12.1. The number of rotatable bonds is 4. The smallest absolute Gasteiger partial charge is 0.0511 e. The molecule has 1 nitrogen and oxygen atoms in total. The van der Waals surface area contributed by atoms with Gasteiger partial charge >= 0.3 is 0 Å². The lowest BCUT2D eigenvalue weighted by molar-refractivity contribution is 0.749. The van der Waals surface area contributed by atoms with Crippen LogP contribution in [0, 0.1) is 0 Å². The summed E-state index contributed by atoms with van der Waals surface area (Å²) in [6, 6.07) is 21.3. The monoisotopic (exact) mass is 211 g/mol. The van der Waals surface area contributed by atoms with Gasteiger partial charge in [-0.25, -0.2) is 0 Å². The van der Waals surface area contributed by atoms with Crippen LogP contribution in [0.5, 0.6) is 0 Å². The van der Waals surface area contributed by atoms with E-state index < -0.39 is 0 Å². The van der Waals surface area contributed by atoms with Crippen molar-refractivity contribution in [3.8, 4) is 0 Å². The van der Waals surface area contributed by atoms with E-state index >= 15 is 0 Å². The molecule has 0 aliphatic rings. The fourth-order valence-corrected chi connectivity index (χ4v) is 1.84. The standard InChI is InChI=1S/C15H17N/c1-2-15(13-9-5-3-6-10-13)16-14-11-7-4-8-12-14/h3-12,15-16H,2H2,1H3/t15-/m1/s1. The van der Waals surface area contributed by atoms with Gasteiger partial charge < -0.3 is 5.32 Å². The predicted octanol–water partition coefficient (Wildman–Crippen LogP) is 4.25. The molecule has 82 valence electrons. The van der Waals surface area contributed by atoms with Gasteiger partial charge in [0.1, 0.15) is 0 Å². The van der Waals surface area contributed by atoms with E-state index in [2.05, 4.69) is 66.8 Å². The van der Waals surface area contributed by atoms with E-state index in [-0.39, 0.29) is 0 Å². The van der Waals surface area contributed by atoms with Gasteiger partial charge in [-0.15, -0.1) is 0 Å². The van der Waals surface area contributed by atoms with Gasteiger partial charge in [0, 0.05) is 5.69 Å².